The molecule has 1 aromatic heterocycles. The van der Waals surface area contributed by atoms with E-state index in [1.165, 1.54) is 17.6 Å². The topological polar surface area (TPSA) is 62.5 Å². The molecule has 1 aliphatic rings. The van der Waals surface area contributed by atoms with E-state index < -0.39 is 0 Å². The first-order chi connectivity index (χ1) is 10.9. The number of aliphatic imine (C=N–C) groups is 1. The van der Waals surface area contributed by atoms with Crippen LogP contribution in [0.5, 0.6) is 0 Å². The summed E-state index contributed by atoms with van der Waals surface area (Å²) in [6, 6.07) is 9.86. The number of aromatic nitrogens is 1. The Morgan fingerprint density at radius 2 is 1.96 bits per heavy atom. The number of Topliss-reactive ketones (excluding diaryl/α,β-unsaturated/α-hetero) is 1. The first-order valence-corrected chi connectivity index (χ1v) is 8.33. The Kier molecular flexibility index (Phi) is 5.72. The summed E-state index contributed by atoms with van der Waals surface area (Å²) in [6.07, 6.45) is 2.36. The standard InChI is InChI=1S/C18H18N2O2S.BrH/c1-18(2)8-15(21)13(16(22)9-18)10-19-17-20-14(11-23-17)12-6-4-3-5-7-12;/h3-7,10-11,21H,8-9H2,1-2H3;1H/b19-10+;. The highest BCUT2D eigenvalue weighted by Gasteiger charge is 2.32. The van der Waals surface area contributed by atoms with Gasteiger partial charge < -0.3 is 5.11 Å². The molecule has 3 rings (SSSR count). The first-order valence-electron chi connectivity index (χ1n) is 7.45. The molecule has 0 aliphatic heterocycles. The Balaban J connectivity index is 0.00000208. The summed E-state index contributed by atoms with van der Waals surface area (Å²) in [7, 11) is 0. The highest BCUT2D eigenvalue weighted by molar-refractivity contribution is 8.93. The Morgan fingerprint density at radius 3 is 2.62 bits per heavy atom. The van der Waals surface area contributed by atoms with E-state index in [0.717, 1.165) is 11.3 Å². The van der Waals surface area contributed by atoms with Gasteiger partial charge in [0.25, 0.3) is 0 Å². The zero-order valence-electron chi connectivity index (χ0n) is 13.5. The monoisotopic (exact) mass is 406 g/mol. The van der Waals surface area contributed by atoms with Crippen molar-refractivity contribution in [2.45, 2.75) is 26.7 Å². The molecule has 0 bridgehead atoms. The number of halogens is 1. The minimum atomic E-state index is -0.194. The lowest BCUT2D eigenvalue weighted by Crippen LogP contribution is -2.26. The van der Waals surface area contributed by atoms with Crippen molar-refractivity contribution in [2.75, 3.05) is 0 Å². The molecule has 24 heavy (non-hydrogen) atoms. The Morgan fingerprint density at radius 1 is 1.25 bits per heavy atom. The fraction of sp³-hybridized carbons (Fsp3) is 0.278. The van der Waals surface area contributed by atoms with Crippen LogP contribution in [0, 0.1) is 5.41 Å². The van der Waals surface area contributed by atoms with Crippen molar-refractivity contribution in [3.63, 3.8) is 0 Å². The number of aliphatic hydroxyl groups excluding tert-OH is 1. The summed E-state index contributed by atoms with van der Waals surface area (Å²) in [4.78, 5) is 20.9. The maximum Gasteiger partial charge on any atom is 0.209 e. The van der Waals surface area contributed by atoms with E-state index in [-0.39, 0.29) is 33.9 Å². The third-order valence-electron chi connectivity index (χ3n) is 3.76. The largest absolute Gasteiger partial charge is 0.511 e. The lowest BCUT2D eigenvalue weighted by Gasteiger charge is -2.28. The molecule has 4 nitrogen and oxygen atoms in total. The molecule has 0 amide bonds. The van der Waals surface area contributed by atoms with Crippen LogP contribution < -0.4 is 0 Å². The van der Waals surface area contributed by atoms with E-state index in [9.17, 15) is 9.90 Å². The van der Waals surface area contributed by atoms with Crippen molar-refractivity contribution in [3.05, 3.63) is 47.0 Å². The van der Waals surface area contributed by atoms with Gasteiger partial charge in [0.05, 0.1) is 11.3 Å². The smallest absolute Gasteiger partial charge is 0.209 e. The van der Waals surface area contributed by atoms with Crippen LogP contribution >= 0.6 is 28.3 Å². The minimum Gasteiger partial charge on any atom is -0.511 e. The summed E-state index contributed by atoms with van der Waals surface area (Å²) in [6.45, 7) is 3.95. The quantitative estimate of drug-likeness (QED) is 0.703. The van der Waals surface area contributed by atoms with E-state index in [4.69, 9.17) is 0 Å². The normalized spacial score (nSPS) is 17.2. The zero-order valence-corrected chi connectivity index (χ0v) is 16.1. The third kappa shape index (κ3) is 4.19. The van der Waals surface area contributed by atoms with Crippen molar-refractivity contribution >= 4 is 45.4 Å². The van der Waals surface area contributed by atoms with E-state index >= 15 is 0 Å². The third-order valence-corrected chi connectivity index (χ3v) is 4.51. The van der Waals surface area contributed by atoms with Crippen LogP contribution in [0.4, 0.5) is 5.13 Å². The molecule has 126 valence electrons. The molecule has 6 heteroatoms. The van der Waals surface area contributed by atoms with Crippen molar-refractivity contribution in [1.29, 1.82) is 0 Å². The molecular weight excluding hydrogens is 388 g/mol. The van der Waals surface area contributed by atoms with Gasteiger partial charge in [-0.25, -0.2) is 9.98 Å². The molecule has 0 unspecified atom stereocenters. The average molecular weight is 407 g/mol. The van der Waals surface area contributed by atoms with Gasteiger partial charge in [-0.05, 0) is 5.41 Å². The van der Waals surface area contributed by atoms with Gasteiger partial charge in [-0.3, -0.25) is 4.79 Å². The molecule has 0 spiro atoms. The predicted octanol–water partition coefficient (Wildman–Crippen LogP) is 5.29. The van der Waals surface area contributed by atoms with E-state index in [2.05, 4.69) is 9.98 Å². The lowest BCUT2D eigenvalue weighted by atomic mass is 9.77. The van der Waals surface area contributed by atoms with Crippen LogP contribution in [0.3, 0.4) is 0 Å². The summed E-state index contributed by atoms with van der Waals surface area (Å²) in [5, 5.41) is 12.6. The number of rotatable bonds is 3. The molecule has 1 heterocycles. The summed E-state index contributed by atoms with van der Waals surface area (Å²) in [5.41, 5.74) is 2.00. The molecule has 0 radical (unpaired) electrons. The van der Waals surface area contributed by atoms with Gasteiger partial charge in [0, 0.05) is 30.0 Å². The molecule has 0 saturated carbocycles. The van der Waals surface area contributed by atoms with Crippen molar-refractivity contribution in [3.8, 4) is 11.3 Å². The van der Waals surface area contributed by atoms with E-state index in [1.807, 2.05) is 49.6 Å². The molecular formula is C18H19BrN2O2S. The Hall–Kier alpha value is -1.79. The number of hydrogen-bond acceptors (Lipinski definition) is 5. The summed E-state index contributed by atoms with van der Waals surface area (Å²) >= 11 is 1.41. The van der Waals surface area contributed by atoms with Crippen LogP contribution in [0.1, 0.15) is 26.7 Å². The SMILES string of the molecule is Br.CC1(C)CC(=O)C(/C=N/c2nc(-c3ccccc3)cs2)=C(O)C1. The van der Waals surface area contributed by atoms with Gasteiger partial charge >= 0.3 is 0 Å². The van der Waals surface area contributed by atoms with Gasteiger partial charge in [-0.2, -0.15) is 0 Å². The summed E-state index contributed by atoms with van der Waals surface area (Å²) < 4.78 is 0. The summed E-state index contributed by atoms with van der Waals surface area (Å²) in [5.74, 6) is 0.0529. The first kappa shape index (κ1) is 18.5. The Bertz CT molecular complexity index is 794. The van der Waals surface area contributed by atoms with E-state index in [1.54, 1.807) is 0 Å². The lowest BCUT2D eigenvalue weighted by molar-refractivity contribution is -0.117. The second-order valence-corrected chi connectivity index (χ2v) is 7.28. The van der Waals surface area contributed by atoms with Crippen LogP contribution in [0.15, 0.2) is 52.0 Å². The van der Waals surface area contributed by atoms with E-state index in [0.29, 0.717) is 23.5 Å². The van der Waals surface area contributed by atoms with Gasteiger partial charge in [0.2, 0.25) is 5.13 Å². The number of carbonyl (C=O) groups is 1. The van der Waals surface area contributed by atoms with Gasteiger partial charge in [-0.15, -0.1) is 28.3 Å². The molecule has 1 aliphatic carbocycles. The molecule has 1 aromatic carbocycles. The van der Waals surface area contributed by atoms with Crippen LogP contribution in [0.2, 0.25) is 0 Å². The number of ketones is 1. The minimum absolute atomic E-state index is 0. The maximum absolute atomic E-state index is 12.1. The van der Waals surface area contributed by atoms with Crippen molar-refractivity contribution in [2.24, 2.45) is 10.4 Å². The van der Waals surface area contributed by atoms with Gasteiger partial charge in [0.15, 0.2) is 5.78 Å². The number of nitrogens with zero attached hydrogens (tertiary/aromatic N) is 2. The zero-order chi connectivity index (χ0) is 16.4. The molecule has 0 atom stereocenters. The number of allylic oxidation sites excluding steroid dienone is 2. The highest BCUT2D eigenvalue weighted by atomic mass is 79.9. The maximum atomic E-state index is 12.1. The number of aliphatic hydroxyl groups is 1. The van der Waals surface area contributed by atoms with Crippen LogP contribution in [-0.4, -0.2) is 22.1 Å². The molecule has 2 aromatic rings. The second kappa shape index (κ2) is 7.40. The van der Waals surface area contributed by atoms with Crippen LogP contribution in [-0.2, 0) is 4.79 Å². The average Bonchev–Trinajstić information content (AvgIpc) is 2.95. The molecule has 1 N–H and O–H groups in total. The van der Waals surface area contributed by atoms with Gasteiger partial charge in [-0.1, -0.05) is 44.2 Å². The van der Waals surface area contributed by atoms with Crippen molar-refractivity contribution in [1.82, 2.24) is 4.98 Å². The highest BCUT2D eigenvalue weighted by Crippen LogP contribution is 2.35. The number of carbonyl (C=O) groups excluding carboxylic acids is 1. The van der Waals surface area contributed by atoms with Gasteiger partial charge in [0.1, 0.15) is 5.76 Å². The fourth-order valence-corrected chi connectivity index (χ4v) is 3.30. The molecule has 0 saturated heterocycles. The Labute approximate surface area is 155 Å². The number of hydrogen-bond donors (Lipinski definition) is 1. The van der Waals surface area contributed by atoms with Crippen LogP contribution in [0.25, 0.3) is 11.3 Å². The molecule has 0 fully saturated rings. The van der Waals surface area contributed by atoms with Crippen molar-refractivity contribution < 1.29 is 9.90 Å². The fourth-order valence-electron chi connectivity index (χ4n) is 2.63. The second-order valence-electron chi connectivity index (χ2n) is 6.44. The predicted molar refractivity (Wildman–Crippen MR) is 104 cm³/mol. The number of benzene rings is 1. The number of thiazole rings is 1.